The first-order valence-corrected chi connectivity index (χ1v) is 6.52. The standard InChI is InChI=1S/C14H19FN2O3/c1-2-9-17(10-13(18)19)14(20)16-8-7-11-5-3-4-6-12(11)15/h3-6H,2,7-10H2,1H3,(H,16,20)(H,18,19). The smallest absolute Gasteiger partial charge is 0.323 e. The minimum absolute atomic E-state index is 0.263. The van der Waals surface area contributed by atoms with Crippen LogP contribution in [0.15, 0.2) is 24.3 Å². The van der Waals surface area contributed by atoms with Crippen LogP contribution in [-0.2, 0) is 11.2 Å². The molecule has 0 unspecified atom stereocenters. The highest BCUT2D eigenvalue weighted by atomic mass is 19.1. The summed E-state index contributed by atoms with van der Waals surface area (Å²) >= 11 is 0. The quantitative estimate of drug-likeness (QED) is 0.802. The molecule has 0 fully saturated rings. The summed E-state index contributed by atoms with van der Waals surface area (Å²) in [7, 11) is 0. The predicted octanol–water partition coefficient (Wildman–Crippen LogP) is 1.87. The number of urea groups is 1. The molecule has 0 aliphatic carbocycles. The summed E-state index contributed by atoms with van der Waals surface area (Å²) in [6.45, 7) is 2.16. The van der Waals surface area contributed by atoms with E-state index in [1.165, 1.54) is 11.0 Å². The van der Waals surface area contributed by atoms with Crippen molar-refractivity contribution >= 4 is 12.0 Å². The third-order valence-electron chi connectivity index (χ3n) is 2.74. The topological polar surface area (TPSA) is 69.6 Å². The van der Waals surface area contributed by atoms with Gasteiger partial charge in [-0.2, -0.15) is 0 Å². The van der Waals surface area contributed by atoms with Crippen molar-refractivity contribution in [3.63, 3.8) is 0 Å². The summed E-state index contributed by atoms with van der Waals surface area (Å²) in [4.78, 5) is 23.7. The van der Waals surface area contributed by atoms with Crippen molar-refractivity contribution in [2.24, 2.45) is 0 Å². The van der Waals surface area contributed by atoms with E-state index in [0.29, 0.717) is 24.9 Å². The normalized spacial score (nSPS) is 10.1. The first kappa shape index (κ1) is 15.9. The molecule has 1 aromatic carbocycles. The molecule has 6 heteroatoms. The lowest BCUT2D eigenvalue weighted by atomic mass is 10.1. The van der Waals surface area contributed by atoms with Gasteiger partial charge in [-0.1, -0.05) is 25.1 Å². The van der Waals surface area contributed by atoms with E-state index in [9.17, 15) is 14.0 Å². The molecule has 0 spiro atoms. The third kappa shape index (κ3) is 5.26. The molecule has 1 rings (SSSR count). The summed E-state index contributed by atoms with van der Waals surface area (Å²) in [6.07, 6.45) is 1.04. The van der Waals surface area contributed by atoms with Gasteiger partial charge in [-0.05, 0) is 24.5 Å². The maximum Gasteiger partial charge on any atom is 0.323 e. The van der Waals surface area contributed by atoms with Crippen molar-refractivity contribution in [2.45, 2.75) is 19.8 Å². The van der Waals surface area contributed by atoms with Crippen LogP contribution in [0.25, 0.3) is 0 Å². The van der Waals surface area contributed by atoms with E-state index in [4.69, 9.17) is 5.11 Å². The average Bonchev–Trinajstić information content (AvgIpc) is 2.40. The summed E-state index contributed by atoms with van der Waals surface area (Å²) in [5, 5.41) is 11.3. The van der Waals surface area contributed by atoms with Crippen LogP contribution in [0.1, 0.15) is 18.9 Å². The van der Waals surface area contributed by atoms with Gasteiger partial charge in [-0.3, -0.25) is 4.79 Å². The molecular weight excluding hydrogens is 263 g/mol. The summed E-state index contributed by atoms with van der Waals surface area (Å²) in [6, 6.07) is 5.92. The van der Waals surface area contributed by atoms with Gasteiger partial charge in [0, 0.05) is 13.1 Å². The fourth-order valence-electron chi connectivity index (χ4n) is 1.80. The van der Waals surface area contributed by atoms with E-state index in [-0.39, 0.29) is 18.9 Å². The van der Waals surface area contributed by atoms with Gasteiger partial charge < -0.3 is 15.3 Å². The fraction of sp³-hybridized carbons (Fsp3) is 0.429. The first-order valence-electron chi connectivity index (χ1n) is 6.52. The van der Waals surface area contributed by atoms with Crippen LogP contribution < -0.4 is 5.32 Å². The molecule has 2 N–H and O–H groups in total. The minimum atomic E-state index is -1.05. The van der Waals surface area contributed by atoms with Crippen LogP contribution in [0.5, 0.6) is 0 Å². The summed E-state index contributed by atoms with van der Waals surface area (Å²) in [5.41, 5.74) is 0.521. The Morgan fingerprint density at radius 3 is 2.65 bits per heavy atom. The molecule has 110 valence electrons. The number of carboxylic acid groups (broad SMARTS) is 1. The van der Waals surface area contributed by atoms with Crippen molar-refractivity contribution in [1.82, 2.24) is 10.2 Å². The first-order chi connectivity index (χ1) is 9.54. The molecule has 5 nitrogen and oxygen atoms in total. The van der Waals surface area contributed by atoms with Gasteiger partial charge in [0.05, 0.1) is 0 Å². The lowest BCUT2D eigenvalue weighted by molar-refractivity contribution is -0.137. The zero-order valence-corrected chi connectivity index (χ0v) is 11.4. The van der Waals surface area contributed by atoms with Crippen molar-refractivity contribution < 1.29 is 19.1 Å². The van der Waals surface area contributed by atoms with E-state index in [2.05, 4.69) is 5.32 Å². The lowest BCUT2D eigenvalue weighted by Gasteiger charge is -2.20. The lowest BCUT2D eigenvalue weighted by Crippen LogP contribution is -2.43. The number of hydrogen-bond donors (Lipinski definition) is 2. The molecule has 0 saturated carbocycles. The number of halogens is 1. The monoisotopic (exact) mass is 282 g/mol. The van der Waals surface area contributed by atoms with E-state index >= 15 is 0 Å². The number of rotatable bonds is 7. The van der Waals surface area contributed by atoms with Gasteiger partial charge in [0.15, 0.2) is 0 Å². The number of carboxylic acids is 1. The molecule has 1 aromatic rings. The largest absolute Gasteiger partial charge is 0.480 e. The molecule has 0 aliphatic rings. The number of amides is 2. The molecule has 20 heavy (non-hydrogen) atoms. The second-order valence-electron chi connectivity index (χ2n) is 4.39. The number of aliphatic carboxylic acids is 1. The molecule has 0 radical (unpaired) electrons. The van der Waals surface area contributed by atoms with Gasteiger partial charge in [-0.25, -0.2) is 9.18 Å². The number of hydrogen-bond acceptors (Lipinski definition) is 2. The Balaban J connectivity index is 2.45. The van der Waals surface area contributed by atoms with Crippen LogP contribution in [0.2, 0.25) is 0 Å². The van der Waals surface area contributed by atoms with E-state index in [1.54, 1.807) is 18.2 Å². The molecule has 0 aromatic heterocycles. The van der Waals surface area contributed by atoms with Crippen molar-refractivity contribution in [3.05, 3.63) is 35.6 Å². The number of carbonyl (C=O) groups excluding carboxylic acids is 1. The van der Waals surface area contributed by atoms with Gasteiger partial charge in [0.25, 0.3) is 0 Å². The van der Waals surface area contributed by atoms with Crippen LogP contribution >= 0.6 is 0 Å². The highest BCUT2D eigenvalue weighted by molar-refractivity contribution is 5.80. The maximum absolute atomic E-state index is 13.4. The van der Waals surface area contributed by atoms with E-state index < -0.39 is 12.0 Å². The minimum Gasteiger partial charge on any atom is -0.480 e. The van der Waals surface area contributed by atoms with Crippen molar-refractivity contribution in [2.75, 3.05) is 19.6 Å². The van der Waals surface area contributed by atoms with Crippen molar-refractivity contribution in [1.29, 1.82) is 0 Å². The Morgan fingerprint density at radius 1 is 1.35 bits per heavy atom. The second-order valence-corrected chi connectivity index (χ2v) is 4.39. The van der Waals surface area contributed by atoms with Crippen LogP contribution in [0.3, 0.4) is 0 Å². The number of nitrogens with one attached hydrogen (secondary N) is 1. The Kier molecular flexibility index (Phi) is 6.49. The summed E-state index contributed by atoms with van der Waals surface area (Å²) < 4.78 is 13.4. The Bertz CT molecular complexity index is 465. The molecule has 0 aliphatic heterocycles. The van der Waals surface area contributed by atoms with Gasteiger partial charge in [0.2, 0.25) is 0 Å². The number of benzene rings is 1. The SMILES string of the molecule is CCCN(CC(=O)O)C(=O)NCCc1ccccc1F. The molecule has 0 bridgehead atoms. The third-order valence-corrected chi connectivity index (χ3v) is 2.74. The van der Waals surface area contributed by atoms with Crippen LogP contribution in [-0.4, -0.2) is 41.6 Å². The fourth-order valence-corrected chi connectivity index (χ4v) is 1.80. The zero-order valence-electron chi connectivity index (χ0n) is 11.4. The molecule has 2 amide bonds. The molecule has 0 atom stereocenters. The molecule has 0 heterocycles. The van der Waals surface area contributed by atoms with Gasteiger partial charge >= 0.3 is 12.0 Å². The zero-order chi connectivity index (χ0) is 15.0. The Hall–Kier alpha value is -2.11. The van der Waals surface area contributed by atoms with Gasteiger partial charge in [-0.15, -0.1) is 0 Å². The van der Waals surface area contributed by atoms with Gasteiger partial charge in [0.1, 0.15) is 12.4 Å². The predicted molar refractivity (Wildman–Crippen MR) is 73.0 cm³/mol. The second kappa shape index (κ2) is 8.14. The van der Waals surface area contributed by atoms with E-state index in [0.717, 1.165) is 0 Å². The molecular formula is C14H19FN2O3. The number of carbonyl (C=O) groups is 2. The number of nitrogens with zero attached hydrogens (tertiary/aromatic N) is 1. The van der Waals surface area contributed by atoms with Crippen LogP contribution in [0, 0.1) is 5.82 Å². The Morgan fingerprint density at radius 2 is 2.05 bits per heavy atom. The maximum atomic E-state index is 13.4. The average molecular weight is 282 g/mol. The highest BCUT2D eigenvalue weighted by Gasteiger charge is 2.15. The Labute approximate surface area is 117 Å². The molecule has 0 saturated heterocycles. The highest BCUT2D eigenvalue weighted by Crippen LogP contribution is 2.06. The van der Waals surface area contributed by atoms with E-state index in [1.807, 2.05) is 6.92 Å². The summed E-state index contributed by atoms with van der Waals surface area (Å²) in [5.74, 6) is -1.36. The van der Waals surface area contributed by atoms with Crippen LogP contribution in [0.4, 0.5) is 9.18 Å². The van der Waals surface area contributed by atoms with Crippen molar-refractivity contribution in [3.8, 4) is 0 Å².